The number of nitrogens with zero attached hydrogens (tertiary/aromatic N) is 1. The number of sulfonamides is 1. The Balaban J connectivity index is 2.41. The predicted molar refractivity (Wildman–Crippen MR) is 59.3 cm³/mol. The quantitative estimate of drug-likeness (QED) is 0.935. The molecule has 1 aromatic carbocycles. The number of thiazole rings is 1. The third kappa shape index (κ3) is 2.59. The van der Waals surface area contributed by atoms with Crippen LogP contribution < -0.4 is 4.72 Å². The van der Waals surface area contributed by atoms with Crippen LogP contribution in [0.4, 0.5) is 13.9 Å². The number of halogens is 2. The highest BCUT2D eigenvalue weighted by Crippen LogP contribution is 2.20. The van der Waals surface area contributed by atoms with Gasteiger partial charge in [0, 0.05) is 11.6 Å². The summed E-state index contributed by atoms with van der Waals surface area (Å²) in [5, 5.41) is 1.65. The Bertz CT molecular complexity index is 626. The molecule has 0 atom stereocenters. The molecule has 4 nitrogen and oxygen atoms in total. The summed E-state index contributed by atoms with van der Waals surface area (Å²) in [6, 6.07) is 2.22. The van der Waals surface area contributed by atoms with Crippen LogP contribution in [0.3, 0.4) is 0 Å². The average molecular weight is 276 g/mol. The Morgan fingerprint density at radius 1 is 1.29 bits per heavy atom. The summed E-state index contributed by atoms with van der Waals surface area (Å²) in [5.74, 6) is -1.85. The Kier molecular flexibility index (Phi) is 3.07. The van der Waals surface area contributed by atoms with Crippen LogP contribution >= 0.6 is 11.3 Å². The molecule has 0 aliphatic rings. The van der Waals surface area contributed by atoms with Crippen LogP contribution in [0.5, 0.6) is 0 Å². The van der Waals surface area contributed by atoms with Crippen LogP contribution in [0.1, 0.15) is 0 Å². The summed E-state index contributed by atoms with van der Waals surface area (Å²) in [7, 11) is -4.15. The number of aromatic nitrogens is 1. The van der Waals surface area contributed by atoms with Crippen molar-refractivity contribution in [3.8, 4) is 0 Å². The van der Waals surface area contributed by atoms with Crippen molar-refractivity contribution in [2.45, 2.75) is 4.90 Å². The minimum absolute atomic E-state index is 0.0914. The molecule has 0 unspecified atom stereocenters. The lowest BCUT2D eigenvalue weighted by molar-refractivity contribution is 0.555. The van der Waals surface area contributed by atoms with E-state index in [9.17, 15) is 17.2 Å². The first-order chi connectivity index (χ1) is 7.99. The van der Waals surface area contributed by atoms with E-state index in [2.05, 4.69) is 9.71 Å². The van der Waals surface area contributed by atoms with E-state index in [1.165, 1.54) is 6.20 Å². The summed E-state index contributed by atoms with van der Waals surface area (Å²) in [6.45, 7) is 0. The van der Waals surface area contributed by atoms with Gasteiger partial charge in [-0.15, -0.1) is 11.3 Å². The SMILES string of the molecule is O=S(=O)(Nc1nccs1)c1cc(F)ccc1F. The second-order valence-electron chi connectivity index (χ2n) is 3.02. The standard InChI is InChI=1S/C9H6F2N2O2S2/c10-6-1-2-7(11)8(5-6)17(14,15)13-9-12-3-4-16-9/h1-5H,(H,12,13). The van der Waals surface area contributed by atoms with Crippen molar-refractivity contribution >= 4 is 26.5 Å². The average Bonchev–Trinajstić information content (AvgIpc) is 2.73. The smallest absolute Gasteiger partial charge is 0.255 e. The molecule has 90 valence electrons. The Hall–Kier alpha value is -1.54. The normalized spacial score (nSPS) is 11.4. The summed E-state index contributed by atoms with van der Waals surface area (Å²) < 4.78 is 51.7. The van der Waals surface area contributed by atoms with E-state index in [0.29, 0.717) is 6.07 Å². The molecule has 17 heavy (non-hydrogen) atoms. The van der Waals surface area contributed by atoms with Gasteiger partial charge in [-0.05, 0) is 18.2 Å². The molecule has 8 heteroatoms. The van der Waals surface area contributed by atoms with Crippen LogP contribution in [0, 0.1) is 11.6 Å². The highest BCUT2D eigenvalue weighted by molar-refractivity contribution is 7.93. The topological polar surface area (TPSA) is 59.1 Å². The summed E-state index contributed by atoms with van der Waals surface area (Å²) >= 11 is 1.04. The second kappa shape index (κ2) is 4.38. The van der Waals surface area contributed by atoms with Crippen LogP contribution in [0.2, 0.25) is 0 Å². The van der Waals surface area contributed by atoms with Crippen LogP contribution in [-0.2, 0) is 10.0 Å². The van der Waals surface area contributed by atoms with Gasteiger partial charge in [0.25, 0.3) is 10.0 Å². The fourth-order valence-corrected chi connectivity index (χ4v) is 3.01. The molecule has 1 N–H and O–H groups in total. The van der Waals surface area contributed by atoms with E-state index in [-0.39, 0.29) is 5.13 Å². The van der Waals surface area contributed by atoms with Gasteiger partial charge in [0.05, 0.1) is 0 Å². The van der Waals surface area contributed by atoms with Gasteiger partial charge in [-0.3, -0.25) is 4.72 Å². The molecule has 0 amide bonds. The van der Waals surface area contributed by atoms with Crippen molar-refractivity contribution < 1.29 is 17.2 Å². The van der Waals surface area contributed by atoms with Crippen LogP contribution in [0.25, 0.3) is 0 Å². The summed E-state index contributed by atoms with van der Waals surface area (Å²) in [6.07, 6.45) is 1.39. The van der Waals surface area contributed by atoms with Gasteiger partial charge in [-0.1, -0.05) is 0 Å². The fourth-order valence-electron chi connectivity index (χ4n) is 1.13. The molecule has 0 aliphatic carbocycles. The number of rotatable bonds is 3. The van der Waals surface area contributed by atoms with Gasteiger partial charge < -0.3 is 0 Å². The van der Waals surface area contributed by atoms with Gasteiger partial charge >= 0.3 is 0 Å². The maximum atomic E-state index is 13.3. The van der Waals surface area contributed by atoms with Gasteiger partial charge in [0.2, 0.25) is 0 Å². The molecule has 2 aromatic rings. The molecule has 0 fully saturated rings. The van der Waals surface area contributed by atoms with E-state index in [1.54, 1.807) is 5.38 Å². The van der Waals surface area contributed by atoms with Crippen LogP contribution in [0.15, 0.2) is 34.7 Å². The molecule has 0 spiro atoms. The molecule has 0 aliphatic heterocycles. The molecule has 0 saturated carbocycles. The predicted octanol–water partition coefficient (Wildman–Crippen LogP) is 2.22. The lowest BCUT2D eigenvalue weighted by Gasteiger charge is -2.05. The highest BCUT2D eigenvalue weighted by Gasteiger charge is 2.20. The Labute approximate surface area is 100.0 Å². The first-order valence-corrected chi connectivity index (χ1v) is 6.73. The van der Waals surface area contributed by atoms with Gasteiger partial charge in [0.1, 0.15) is 16.5 Å². The minimum atomic E-state index is -4.15. The highest BCUT2D eigenvalue weighted by atomic mass is 32.2. The first-order valence-electron chi connectivity index (χ1n) is 4.36. The van der Waals surface area contributed by atoms with E-state index in [0.717, 1.165) is 23.5 Å². The zero-order valence-electron chi connectivity index (χ0n) is 8.22. The first kappa shape index (κ1) is 11.9. The van der Waals surface area contributed by atoms with Gasteiger partial charge in [-0.2, -0.15) is 0 Å². The summed E-state index contributed by atoms with van der Waals surface area (Å²) in [5.41, 5.74) is 0. The van der Waals surface area contributed by atoms with Crippen molar-refractivity contribution in [2.24, 2.45) is 0 Å². The lowest BCUT2D eigenvalue weighted by Crippen LogP contribution is -2.14. The van der Waals surface area contributed by atoms with Crippen molar-refractivity contribution in [2.75, 3.05) is 4.72 Å². The number of nitrogens with one attached hydrogen (secondary N) is 1. The van der Waals surface area contributed by atoms with E-state index < -0.39 is 26.6 Å². The molecule has 1 heterocycles. The number of anilines is 1. The third-order valence-electron chi connectivity index (χ3n) is 1.84. The molecular weight excluding hydrogens is 270 g/mol. The molecule has 2 rings (SSSR count). The van der Waals surface area contributed by atoms with Crippen molar-refractivity contribution in [1.82, 2.24) is 4.98 Å². The largest absolute Gasteiger partial charge is 0.266 e. The van der Waals surface area contributed by atoms with E-state index >= 15 is 0 Å². The van der Waals surface area contributed by atoms with E-state index in [1.807, 2.05) is 0 Å². The number of hydrogen-bond donors (Lipinski definition) is 1. The lowest BCUT2D eigenvalue weighted by atomic mass is 10.3. The van der Waals surface area contributed by atoms with Gasteiger partial charge in [0.15, 0.2) is 5.13 Å². The summed E-state index contributed by atoms with van der Waals surface area (Å²) in [4.78, 5) is 2.95. The maximum Gasteiger partial charge on any atom is 0.266 e. The maximum absolute atomic E-state index is 13.3. The zero-order chi connectivity index (χ0) is 12.5. The Morgan fingerprint density at radius 3 is 2.71 bits per heavy atom. The molecule has 0 radical (unpaired) electrons. The fraction of sp³-hybridized carbons (Fsp3) is 0. The van der Waals surface area contributed by atoms with Gasteiger partial charge in [-0.25, -0.2) is 22.2 Å². The zero-order valence-corrected chi connectivity index (χ0v) is 9.86. The van der Waals surface area contributed by atoms with Crippen molar-refractivity contribution in [3.63, 3.8) is 0 Å². The molecule has 0 saturated heterocycles. The van der Waals surface area contributed by atoms with Crippen molar-refractivity contribution in [3.05, 3.63) is 41.4 Å². The second-order valence-corrected chi connectivity index (χ2v) is 5.56. The molecular formula is C9H6F2N2O2S2. The third-order valence-corrected chi connectivity index (χ3v) is 4.01. The molecule has 0 bridgehead atoms. The van der Waals surface area contributed by atoms with E-state index in [4.69, 9.17) is 0 Å². The monoisotopic (exact) mass is 276 g/mol. The molecule has 1 aromatic heterocycles. The van der Waals surface area contributed by atoms with Crippen molar-refractivity contribution in [1.29, 1.82) is 0 Å². The minimum Gasteiger partial charge on any atom is -0.255 e. The van der Waals surface area contributed by atoms with Crippen LogP contribution in [-0.4, -0.2) is 13.4 Å². The Morgan fingerprint density at radius 2 is 2.06 bits per heavy atom. The number of benzene rings is 1. The number of hydrogen-bond acceptors (Lipinski definition) is 4.